The van der Waals surface area contributed by atoms with Gasteiger partial charge in [0.1, 0.15) is 23.3 Å². The molecule has 0 radical (unpaired) electrons. The average Bonchev–Trinajstić information content (AvgIpc) is 3.22. The molecular weight excluding hydrogens is 360 g/mol. The number of aryl methyl sites for hydroxylation is 4. The van der Waals surface area contributed by atoms with Crippen LogP contribution in [0.15, 0.2) is 23.3 Å². The molecule has 2 heterocycles. The Balaban J connectivity index is 1.52. The molecule has 27 heavy (non-hydrogen) atoms. The number of aliphatic hydroxyl groups is 1. The number of ether oxygens (including phenoxy) is 1. The normalized spacial score (nSPS) is 14.5. The number of thiophene rings is 1. The van der Waals surface area contributed by atoms with Gasteiger partial charge in [0.15, 0.2) is 0 Å². The Hall–Kier alpha value is -2.18. The van der Waals surface area contributed by atoms with Gasteiger partial charge in [-0.15, -0.1) is 11.3 Å². The number of aliphatic hydroxyl groups excluding tert-OH is 1. The Morgan fingerprint density at radius 3 is 2.85 bits per heavy atom. The second kappa shape index (κ2) is 7.09. The standard InChI is InChI=1S/C21H24N2O3S/c1-12-7-8-13(2)19(14(12)3)26-10-15(24)9-23-11-22-20-18(21(23)25)16-5-4-6-17(16)27-20/h7-8,11,15,24H,4-6,9-10H2,1-3H3/t15-/m1/s1. The van der Waals surface area contributed by atoms with Crippen molar-refractivity contribution in [3.05, 3.63) is 55.9 Å². The first-order valence-electron chi connectivity index (χ1n) is 9.33. The van der Waals surface area contributed by atoms with E-state index in [0.29, 0.717) is 0 Å². The fourth-order valence-electron chi connectivity index (χ4n) is 3.76. The minimum absolute atomic E-state index is 0.0543. The minimum Gasteiger partial charge on any atom is -0.490 e. The maximum Gasteiger partial charge on any atom is 0.262 e. The van der Waals surface area contributed by atoms with E-state index < -0.39 is 6.10 Å². The predicted octanol–water partition coefficient (Wildman–Crippen LogP) is 3.31. The van der Waals surface area contributed by atoms with Crippen LogP contribution < -0.4 is 10.3 Å². The molecule has 142 valence electrons. The fourth-order valence-corrected chi connectivity index (χ4v) is 4.98. The molecule has 0 bridgehead atoms. The molecular formula is C21H24N2O3S. The van der Waals surface area contributed by atoms with Crippen LogP contribution in [0.5, 0.6) is 5.75 Å². The van der Waals surface area contributed by atoms with E-state index in [2.05, 4.69) is 11.1 Å². The lowest BCUT2D eigenvalue weighted by atomic mass is 10.1. The number of hydrogen-bond donors (Lipinski definition) is 1. The van der Waals surface area contributed by atoms with Crippen molar-refractivity contribution in [3.63, 3.8) is 0 Å². The van der Waals surface area contributed by atoms with E-state index in [-0.39, 0.29) is 18.7 Å². The first-order valence-corrected chi connectivity index (χ1v) is 10.1. The van der Waals surface area contributed by atoms with E-state index >= 15 is 0 Å². The molecule has 0 unspecified atom stereocenters. The third-order valence-corrected chi connectivity index (χ3v) is 6.59. The molecule has 0 spiro atoms. The van der Waals surface area contributed by atoms with Crippen LogP contribution in [0.25, 0.3) is 10.2 Å². The SMILES string of the molecule is Cc1ccc(C)c(OC[C@H](O)Cn2cnc3sc4c(c3c2=O)CCC4)c1C. The molecule has 1 aliphatic carbocycles. The Bertz CT molecular complexity index is 1070. The van der Waals surface area contributed by atoms with Crippen LogP contribution in [0.4, 0.5) is 0 Å². The first-order chi connectivity index (χ1) is 13.0. The Kier molecular flexibility index (Phi) is 4.78. The Morgan fingerprint density at radius 1 is 1.26 bits per heavy atom. The molecule has 1 aliphatic rings. The highest BCUT2D eigenvalue weighted by molar-refractivity contribution is 7.18. The van der Waals surface area contributed by atoms with Crippen molar-refractivity contribution in [1.29, 1.82) is 0 Å². The van der Waals surface area contributed by atoms with Gasteiger partial charge in [-0.05, 0) is 62.3 Å². The molecule has 0 amide bonds. The third kappa shape index (κ3) is 3.28. The Labute approximate surface area is 162 Å². The summed E-state index contributed by atoms with van der Waals surface area (Å²) in [4.78, 5) is 19.4. The zero-order valence-corrected chi connectivity index (χ0v) is 16.7. The number of hydrogen-bond acceptors (Lipinski definition) is 5. The summed E-state index contributed by atoms with van der Waals surface area (Å²) in [5.74, 6) is 0.811. The zero-order chi connectivity index (χ0) is 19.1. The summed E-state index contributed by atoms with van der Waals surface area (Å²) in [5.41, 5.74) is 4.39. The van der Waals surface area contributed by atoms with E-state index in [4.69, 9.17) is 4.74 Å². The van der Waals surface area contributed by atoms with Gasteiger partial charge in [0.25, 0.3) is 5.56 Å². The molecule has 0 aliphatic heterocycles. The van der Waals surface area contributed by atoms with Gasteiger partial charge in [0.2, 0.25) is 0 Å². The summed E-state index contributed by atoms with van der Waals surface area (Å²) in [6.07, 6.45) is 3.86. The first kappa shape index (κ1) is 18.2. The van der Waals surface area contributed by atoms with Gasteiger partial charge in [-0.25, -0.2) is 4.98 Å². The average molecular weight is 385 g/mol. The maximum absolute atomic E-state index is 12.9. The monoisotopic (exact) mass is 384 g/mol. The van der Waals surface area contributed by atoms with Gasteiger partial charge in [-0.2, -0.15) is 0 Å². The van der Waals surface area contributed by atoms with E-state index in [1.165, 1.54) is 15.0 Å². The lowest BCUT2D eigenvalue weighted by Crippen LogP contribution is -2.30. The minimum atomic E-state index is -0.784. The summed E-state index contributed by atoms with van der Waals surface area (Å²) in [7, 11) is 0. The molecule has 1 N–H and O–H groups in total. The number of benzene rings is 1. The largest absolute Gasteiger partial charge is 0.490 e. The molecule has 0 fully saturated rings. The van der Waals surface area contributed by atoms with E-state index in [1.54, 1.807) is 17.7 Å². The molecule has 2 aromatic heterocycles. The zero-order valence-electron chi connectivity index (χ0n) is 15.9. The molecule has 1 atom stereocenters. The summed E-state index contributed by atoms with van der Waals surface area (Å²) in [6, 6.07) is 4.08. The number of rotatable bonds is 5. The quantitative estimate of drug-likeness (QED) is 0.733. The number of fused-ring (bicyclic) bond motifs is 3. The van der Waals surface area contributed by atoms with Crippen LogP contribution in [0, 0.1) is 20.8 Å². The van der Waals surface area contributed by atoms with Gasteiger partial charge >= 0.3 is 0 Å². The summed E-state index contributed by atoms with van der Waals surface area (Å²) in [5, 5.41) is 11.2. The number of nitrogens with zero attached hydrogens (tertiary/aromatic N) is 2. The van der Waals surface area contributed by atoms with Gasteiger partial charge in [-0.3, -0.25) is 9.36 Å². The topological polar surface area (TPSA) is 64.3 Å². The van der Waals surface area contributed by atoms with Crippen molar-refractivity contribution in [2.24, 2.45) is 0 Å². The van der Waals surface area contributed by atoms with Crippen LogP contribution in [0.1, 0.15) is 33.6 Å². The van der Waals surface area contributed by atoms with Crippen LogP contribution in [0.3, 0.4) is 0 Å². The number of aromatic nitrogens is 2. The third-order valence-electron chi connectivity index (χ3n) is 5.39. The molecule has 4 rings (SSSR count). The maximum atomic E-state index is 12.9. The van der Waals surface area contributed by atoms with Crippen LogP contribution in [0.2, 0.25) is 0 Å². The predicted molar refractivity (Wildman–Crippen MR) is 108 cm³/mol. The summed E-state index contributed by atoms with van der Waals surface area (Å²) in [6.45, 7) is 6.36. The molecule has 6 heteroatoms. The van der Waals surface area contributed by atoms with Gasteiger partial charge in [0, 0.05) is 4.88 Å². The van der Waals surface area contributed by atoms with Gasteiger partial charge in [0.05, 0.1) is 18.3 Å². The lowest BCUT2D eigenvalue weighted by Gasteiger charge is -2.17. The van der Waals surface area contributed by atoms with Crippen molar-refractivity contribution in [2.75, 3.05) is 6.61 Å². The van der Waals surface area contributed by atoms with Crippen LogP contribution >= 0.6 is 11.3 Å². The summed E-state index contributed by atoms with van der Waals surface area (Å²) < 4.78 is 7.40. The fraction of sp³-hybridized carbons (Fsp3) is 0.429. The van der Waals surface area contributed by atoms with Crippen LogP contribution in [-0.4, -0.2) is 27.4 Å². The second-order valence-corrected chi connectivity index (χ2v) is 8.44. The Morgan fingerprint density at radius 2 is 2.04 bits per heavy atom. The van der Waals surface area contributed by atoms with Crippen molar-refractivity contribution in [2.45, 2.75) is 52.7 Å². The smallest absolute Gasteiger partial charge is 0.262 e. The van der Waals surface area contributed by atoms with E-state index in [9.17, 15) is 9.90 Å². The summed E-state index contributed by atoms with van der Waals surface area (Å²) >= 11 is 1.63. The molecule has 1 aromatic carbocycles. The van der Waals surface area contributed by atoms with Crippen molar-refractivity contribution in [3.8, 4) is 5.75 Å². The van der Waals surface area contributed by atoms with E-state index in [0.717, 1.165) is 51.9 Å². The highest BCUT2D eigenvalue weighted by Crippen LogP contribution is 2.34. The van der Waals surface area contributed by atoms with Crippen LogP contribution in [-0.2, 0) is 19.4 Å². The van der Waals surface area contributed by atoms with Gasteiger partial charge < -0.3 is 9.84 Å². The van der Waals surface area contributed by atoms with Crippen molar-refractivity contribution >= 4 is 21.6 Å². The van der Waals surface area contributed by atoms with Crippen molar-refractivity contribution < 1.29 is 9.84 Å². The highest BCUT2D eigenvalue weighted by atomic mass is 32.1. The highest BCUT2D eigenvalue weighted by Gasteiger charge is 2.22. The molecule has 5 nitrogen and oxygen atoms in total. The molecule has 0 saturated carbocycles. The lowest BCUT2D eigenvalue weighted by molar-refractivity contribution is 0.0908. The van der Waals surface area contributed by atoms with E-state index in [1.807, 2.05) is 26.8 Å². The molecule has 3 aromatic rings. The van der Waals surface area contributed by atoms with Crippen molar-refractivity contribution in [1.82, 2.24) is 9.55 Å². The van der Waals surface area contributed by atoms with Gasteiger partial charge in [-0.1, -0.05) is 12.1 Å². The second-order valence-electron chi connectivity index (χ2n) is 7.36. The molecule has 0 saturated heterocycles.